The van der Waals surface area contributed by atoms with E-state index in [0.717, 1.165) is 5.69 Å². The van der Waals surface area contributed by atoms with E-state index in [1.54, 1.807) is 6.20 Å². The number of nitrogens with one attached hydrogen (secondary N) is 2. The molecule has 0 aliphatic carbocycles. The lowest BCUT2D eigenvalue weighted by atomic mass is 9.87. The minimum Gasteiger partial charge on any atom is -0.365 e. The van der Waals surface area contributed by atoms with Crippen molar-refractivity contribution >= 4 is 17.5 Å². The molecule has 134 valence electrons. The van der Waals surface area contributed by atoms with Gasteiger partial charge in [-0.2, -0.15) is 10.1 Å². The summed E-state index contributed by atoms with van der Waals surface area (Å²) in [5.74, 6) is 1.16. The van der Waals surface area contributed by atoms with Gasteiger partial charge in [-0.1, -0.05) is 62.7 Å². The van der Waals surface area contributed by atoms with Crippen molar-refractivity contribution < 1.29 is 0 Å². The van der Waals surface area contributed by atoms with Gasteiger partial charge < -0.3 is 10.6 Å². The van der Waals surface area contributed by atoms with E-state index in [4.69, 9.17) is 0 Å². The summed E-state index contributed by atoms with van der Waals surface area (Å²) in [6, 6.07) is 16.7. The van der Waals surface area contributed by atoms with E-state index in [0.29, 0.717) is 18.3 Å². The van der Waals surface area contributed by atoms with Crippen LogP contribution in [0.15, 0.2) is 54.7 Å². The Morgan fingerprint density at radius 3 is 2.46 bits per heavy atom. The molecule has 26 heavy (non-hydrogen) atoms. The van der Waals surface area contributed by atoms with Gasteiger partial charge in [-0.15, -0.1) is 5.10 Å². The van der Waals surface area contributed by atoms with Crippen molar-refractivity contribution in [1.82, 2.24) is 15.2 Å². The van der Waals surface area contributed by atoms with Crippen LogP contribution in [0.4, 0.5) is 17.5 Å². The van der Waals surface area contributed by atoms with E-state index in [-0.39, 0.29) is 5.41 Å². The van der Waals surface area contributed by atoms with Crippen LogP contribution in [-0.4, -0.2) is 15.2 Å². The topological polar surface area (TPSA) is 62.7 Å². The van der Waals surface area contributed by atoms with Crippen LogP contribution < -0.4 is 10.6 Å². The van der Waals surface area contributed by atoms with Crippen molar-refractivity contribution in [3.05, 3.63) is 71.4 Å². The van der Waals surface area contributed by atoms with Gasteiger partial charge >= 0.3 is 0 Å². The third-order valence-corrected chi connectivity index (χ3v) is 4.12. The first-order valence-electron chi connectivity index (χ1n) is 8.77. The van der Waals surface area contributed by atoms with Gasteiger partial charge in [-0.25, -0.2) is 0 Å². The molecule has 1 aromatic heterocycles. The number of benzene rings is 2. The van der Waals surface area contributed by atoms with Crippen molar-refractivity contribution in [2.24, 2.45) is 0 Å². The fraction of sp³-hybridized carbons (Fsp3) is 0.286. The van der Waals surface area contributed by atoms with Crippen LogP contribution in [-0.2, 0) is 12.0 Å². The zero-order valence-corrected chi connectivity index (χ0v) is 15.7. The number of hydrogen-bond donors (Lipinski definition) is 2. The Morgan fingerprint density at radius 2 is 1.77 bits per heavy atom. The SMILES string of the molecule is Cc1cccc(CNc2cnnc(Nc3ccc(C(C)(C)C)cc3)n2)c1. The van der Waals surface area contributed by atoms with Gasteiger partial charge in [0.15, 0.2) is 5.82 Å². The predicted molar refractivity (Wildman–Crippen MR) is 107 cm³/mol. The Kier molecular flexibility index (Phi) is 5.16. The number of rotatable bonds is 5. The molecule has 0 fully saturated rings. The quantitative estimate of drug-likeness (QED) is 0.692. The number of hydrogen-bond acceptors (Lipinski definition) is 5. The van der Waals surface area contributed by atoms with E-state index < -0.39 is 0 Å². The van der Waals surface area contributed by atoms with Crippen LogP contribution in [0, 0.1) is 6.92 Å². The Bertz CT molecular complexity index is 866. The molecule has 3 rings (SSSR count). The number of aromatic nitrogens is 3. The van der Waals surface area contributed by atoms with Crippen LogP contribution in [0.2, 0.25) is 0 Å². The maximum absolute atomic E-state index is 4.48. The van der Waals surface area contributed by atoms with Gasteiger partial charge in [0.2, 0.25) is 5.95 Å². The molecule has 0 saturated carbocycles. The summed E-state index contributed by atoms with van der Waals surface area (Å²) >= 11 is 0. The van der Waals surface area contributed by atoms with E-state index in [9.17, 15) is 0 Å². The standard InChI is InChI=1S/C21H25N5/c1-15-6-5-7-16(12-15)13-22-19-14-23-26-20(25-19)24-18-10-8-17(9-11-18)21(2,3)4/h5-12,14H,13H2,1-4H3,(H2,22,24,25,26). The highest BCUT2D eigenvalue weighted by Gasteiger charge is 2.13. The Labute approximate surface area is 154 Å². The minimum atomic E-state index is 0.135. The van der Waals surface area contributed by atoms with Gasteiger partial charge in [-0.05, 0) is 35.6 Å². The summed E-state index contributed by atoms with van der Waals surface area (Å²) in [6.07, 6.45) is 1.63. The molecule has 0 unspecified atom stereocenters. The first-order valence-corrected chi connectivity index (χ1v) is 8.77. The van der Waals surface area contributed by atoms with Crippen molar-refractivity contribution in [2.75, 3.05) is 10.6 Å². The first-order chi connectivity index (χ1) is 12.4. The largest absolute Gasteiger partial charge is 0.365 e. The van der Waals surface area contributed by atoms with Crippen LogP contribution in [0.5, 0.6) is 0 Å². The molecule has 0 aliphatic rings. The molecule has 0 spiro atoms. The smallest absolute Gasteiger partial charge is 0.249 e. The normalized spacial score (nSPS) is 11.2. The summed E-state index contributed by atoms with van der Waals surface area (Å²) in [6.45, 7) is 9.38. The molecule has 2 N–H and O–H groups in total. The molecule has 0 bridgehead atoms. The summed E-state index contributed by atoms with van der Waals surface area (Å²) in [4.78, 5) is 4.48. The second-order valence-electron chi connectivity index (χ2n) is 7.46. The fourth-order valence-corrected chi connectivity index (χ4v) is 2.64. The molecule has 0 radical (unpaired) electrons. The van der Waals surface area contributed by atoms with Crippen molar-refractivity contribution in [2.45, 2.75) is 39.7 Å². The predicted octanol–water partition coefficient (Wildman–Crippen LogP) is 4.83. The monoisotopic (exact) mass is 347 g/mol. The minimum absolute atomic E-state index is 0.135. The summed E-state index contributed by atoms with van der Waals surface area (Å²) < 4.78 is 0. The van der Waals surface area contributed by atoms with Gasteiger partial charge in [0, 0.05) is 12.2 Å². The van der Waals surface area contributed by atoms with E-state index in [1.165, 1.54) is 16.7 Å². The third kappa shape index (κ3) is 4.79. The van der Waals surface area contributed by atoms with Crippen molar-refractivity contribution in [3.8, 4) is 0 Å². The molecule has 2 aromatic carbocycles. The molecule has 5 nitrogen and oxygen atoms in total. The average molecular weight is 347 g/mol. The molecule has 3 aromatic rings. The number of anilines is 3. The van der Waals surface area contributed by atoms with Gasteiger partial charge in [0.1, 0.15) is 0 Å². The van der Waals surface area contributed by atoms with Gasteiger partial charge in [0.05, 0.1) is 6.20 Å². The Morgan fingerprint density at radius 1 is 1.00 bits per heavy atom. The van der Waals surface area contributed by atoms with Gasteiger partial charge in [0.25, 0.3) is 0 Å². The molecular weight excluding hydrogens is 322 g/mol. The molecule has 5 heteroatoms. The van der Waals surface area contributed by atoms with E-state index in [2.05, 4.69) is 89.9 Å². The lowest BCUT2D eigenvalue weighted by Gasteiger charge is -2.19. The molecule has 0 atom stereocenters. The van der Waals surface area contributed by atoms with Crippen molar-refractivity contribution in [1.29, 1.82) is 0 Å². The fourth-order valence-electron chi connectivity index (χ4n) is 2.64. The van der Waals surface area contributed by atoms with Crippen molar-refractivity contribution in [3.63, 3.8) is 0 Å². The highest BCUT2D eigenvalue weighted by atomic mass is 15.3. The average Bonchev–Trinajstić information content (AvgIpc) is 2.60. The van der Waals surface area contributed by atoms with Crippen LogP contribution in [0.1, 0.15) is 37.5 Å². The Hall–Kier alpha value is -2.95. The van der Waals surface area contributed by atoms with Gasteiger partial charge in [-0.3, -0.25) is 0 Å². The summed E-state index contributed by atoms with van der Waals surface area (Å²) in [7, 11) is 0. The summed E-state index contributed by atoms with van der Waals surface area (Å²) in [5, 5.41) is 14.6. The third-order valence-electron chi connectivity index (χ3n) is 4.12. The number of aryl methyl sites for hydroxylation is 1. The van der Waals surface area contributed by atoms with Crippen LogP contribution >= 0.6 is 0 Å². The molecule has 0 saturated heterocycles. The maximum atomic E-state index is 4.48. The lowest BCUT2D eigenvalue weighted by Crippen LogP contribution is -2.10. The van der Waals surface area contributed by atoms with E-state index >= 15 is 0 Å². The summed E-state index contributed by atoms with van der Waals surface area (Å²) in [5.41, 5.74) is 4.81. The lowest BCUT2D eigenvalue weighted by molar-refractivity contribution is 0.590. The first kappa shape index (κ1) is 17.9. The highest BCUT2D eigenvalue weighted by molar-refractivity contribution is 5.55. The second-order valence-corrected chi connectivity index (χ2v) is 7.46. The molecule has 0 aliphatic heterocycles. The van der Waals surface area contributed by atoms with Crippen LogP contribution in [0.3, 0.4) is 0 Å². The van der Waals surface area contributed by atoms with Crippen LogP contribution in [0.25, 0.3) is 0 Å². The van der Waals surface area contributed by atoms with E-state index in [1.807, 2.05) is 12.1 Å². The zero-order chi connectivity index (χ0) is 18.6. The zero-order valence-electron chi connectivity index (χ0n) is 15.7. The number of nitrogens with zero attached hydrogens (tertiary/aromatic N) is 3. The highest BCUT2D eigenvalue weighted by Crippen LogP contribution is 2.24. The maximum Gasteiger partial charge on any atom is 0.249 e. The molecular formula is C21H25N5. The Balaban J connectivity index is 1.65. The molecule has 1 heterocycles. The molecule has 0 amide bonds. The second kappa shape index (κ2) is 7.52.